The summed E-state index contributed by atoms with van der Waals surface area (Å²) in [5.41, 5.74) is 3.19. The van der Waals surface area contributed by atoms with Crippen molar-refractivity contribution in [2.45, 2.75) is 37.5 Å². The number of carbonyl (C=O) groups excluding carboxylic acids is 1. The standard InChI is InChI=1S/C19H19O/c20-15-19(13-5-2-6-14-19)18-11-9-17(10-12-18)16-7-3-1-4-8-16/h1,3-4,7-12H,2,5-6,13-14H2. The zero-order valence-electron chi connectivity index (χ0n) is 11.6. The molecule has 2 aromatic carbocycles. The molecular weight excluding hydrogens is 244 g/mol. The zero-order chi connectivity index (χ0) is 13.8. The van der Waals surface area contributed by atoms with E-state index in [-0.39, 0.29) is 5.41 Å². The lowest BCUT2D eigenvalue weighted by Crippen LogP contribution is -2.30. The summed E-state index contributed by atoms with van der Waals surface area (Å²) in [5.74, 6) is 0. The third-order valence-electron chi connectivity index (χ3n) is 4.45. The summed E-state index contributed by atoms with van der Waals surface area (Å²) >= 11 is 0. The Morgan fingerprint density at radius 2 is 1.35 bits per heavy atom. The van der Waals surface area contributed by atoms with Crippen LogP contribution in [0.1, 0.15) is 37.7 Å². The first-order chi connectivity index (χ1) is 9.84. The van der Waals surface area contributed by atoms with Crippen LogP contribution in [0.5, 0.6) is 0 Å². The average molecular weight is 263 g/mol. The lowest BCUT2D eigenvalue weighted by atomic mass is 9.70. The molecule has 0 bridgehead atoms. The highest BCUT2D eigenvalue weighted by atomic mass is 16.1. The maximum absolute atomic E-state index is 11.5. The first kappa shape index (κ1) is 13.1. The second-order valence-electron chi connectivity index (χ2n) is 5.69. The highest BCUT2D eigenvalue weighted by Gasteiger charge is 2.34. The molecule has 101 valence electrons. The van der Waals surface area contributed by atoms with Crippen molar-refractivity contribution < 1.29 is 4.79 Å². The molecule has 0 saturated heterocycles. The van der Waals surface area contributed by atoms with Gasteiger partial charge in [0.15, 0.2) is 0 Å². The molecular formula is C19H19O. The third kappa shape index (κ3) is 2.40. The molecule has 1 fully saturated rings. The third-order valence-corrected chi connectivity index (χ3v) is 4.45. The minimum Gasteiger partial charge on any atom is -0.290 e. The van der Waals surface area contributed by atoms with Gasteiger partial charge in [-0.05, 0) is 29.5 Å². The van der Waals surface area contributed by atoms with Gasteiger partial charge in [-0.1, -0.05) is 73.9 Å². The Balaban J connectivity index is 1.91. The Labute approximate surface area is 120 Å². The Morgan fingerprint density at radius 3 is 1.95 bits per heavy atom. The molecule has 1 radical (unpaired) electrons. The van der Waals surface area contributed by atoms with Crippen molar-refractivity contribution in [2.75, 3.05) is 0 Å². The highest BCUT2D eigenvalue weighted by molar-refractivity contribution is 5.71. The molecule has 0 aromatic heterocycles. The van der Waals surface area contributed by atoms with E-state index in [1.54, 1.807) is 0 Å². The average Bonchev–Trinajstić information content (AvgIpc) is 2.56. The van der Waals surface area contributed by atoms with E-state index in [0.717, 1.165) is 31.2 Å². The molecule has 0 N–H and O–H groups in total. The van der Waals surface area contributed by atoms with Gasteiger partial charge in [0.1, 0.15) is 0 Å². The smallest absolute Gasteiger partial charge is 0.209 e. The molecule has 3 rings (SSSR count). The van der Waals surface area contributed by atoms with Gasteiger partial charge in [0.05, 0.1) is 5.41 Å². The predicted molar refractivity (Wildman–Crippen MR) is 82.3 cm³/mol. The summed E-state index contributed by atoms with van der Waals surface area (Å²) in [7, 11) is 0. The second kappa shape index (κ2) is 5.62. The number of rotatable bonds is 3. The van der Waals surface area contributed by atoms with Gasteiger partial charge in [0.25, 0.3) is 0 Å². The molecule has 2 aromatic rings. The summed E-state index contributed by atoms with van der Waals surface area (Å²) in [5, 5.41) is 0. The molecule has 0 unspecified atom stereocenters. The monoisotopic (exact) mass is 263 g/mol. The Kier molecular flexibility index (Phi) is 3.68. The summed E-state index contributed by atoms with van der Waals surface area (Å²) in [6.45, 7) is 0. The molecule has 1 heteroatoms. The zero-order valence-corrected chi connectivity index (χ0v) is 11.6. The van der Waals surface area contributed by atoms with Crippen molar-refractivity contribution in [2.24, 2.45) is 0 Å². The van der Waals surface area contributed by atoms with E-state index in [1.165, 1.54) is 17.5 Å². The van der Waals surface area contributed by atoms with Crippen LogP contribution in [0.2, 0.25) is 0 Å². The van der Waals surface area contributed by atoms with Crippen LogP contribution in [0.4, 0.5) is 0 Å². The van der Waals surface area contributed by atoms with Crippen molar-refractivity contribution in [3.05, 3.63) is 60.2 Å². The van der Waals surface area contributed by atoms with Crippen molar-refractivity contribution in [1.82, 2.24) is 0 Å². The van der Waals surface area contributed by atoms with E-state index < -0.39 is 0 Å². The van der Waals surface area contributed by atoms with E-state index in [9.17, 15) is 4.79 Å². The number of benzene rings is 2. The van der Waals surface area contributed by atoms with Crippen LogP contribution in [-0.4, -0.2) is 6.29 Å². The molecule has 0 heterocycles. The molecule has 1 saturated carbocycles. The molecule has 0 atom stereocenters. The van der Waals surface area contributed by atoms with E-state index in [2.05, 4.69) is 42.7 Å². The molecule has 1 aliphatic carbocycles. The lowest BCUT2D eigenvalue weighted by Gasteiger charge is -2.31. The number of hydrogen-bond acceptors (Lipinski definition) is 1. The normalized spacial score (nSPS) is 17.6. The predicted octanol–water partition coefficient (Wildman–Crippen LogP) is 4.67. The van der Waals surface area contributed by atoms with E-state index in [0.29, 0.717) is 0 Å². The Bertz CT molecular complexity index is 562. The summed E-state index contributed by atoms with van der Waals surface area (Å²) in [6.07, 6.45) is 7.74. The van der Waals surface area contributed by atoms with Crippen molar-refractivity contribution in [3.63, 3.8) is 0 Å². The van der Waals surface area contributed by atoms with Crippen LogP contribution in [0.15, 0.2) is 54.6 Å². The van der Waals surface area contributed by atoms with Crippen molar-refractivity contribution in [3.8, 4) is 11.1 Å². The fraction of sp³-hybridized carbons (Fsp3) is 0.316. The van der Waals surface area contributed by atoms with Crippen molar-refractivity contribution in [1.29, 1.82) is 0 Å². The van der Waals surface area contributed by atoms with E-state index >= 15 is 0 Å². The quantitative estimate of drug-likeness (QED) is 0.786. The minimum atomic E-state index is -0.354. The highest BCUT2D eigenvalue weighted by Crippen LogP contribution is 2.38. The van der Waals surface area contributed by atoms with Gasteiger partial charge < -0.3 is 0 Å². The molecule has 0 aliphatic heterocycles. The first-order valence-electron chi connectivity index (χ1n) is 7.39. The van der Waals surface area contributed by atoms with Gasteiger partial charge in [0, 0.05) is 0 Å². The Morgan fingerprint density at radius 1 is 0.750 bits per heavy atom. The summed E-state index contributed by atoms with van der Waals surface area (Å²) in [4.78, 5) is 11.5. The van der Waals surface area contributed by atoms with Gasteiger partial charge in [0.2, 0.25) is 6.29 Å². The van der Waals surface area contributed by atoms with E-state index in [1.807, 2.05) is 18.2 Å². The second-order valence-corrected chi connectivity index (χ2v) is 5.69. The molecule has 1 aliphatic rings. The molecule has 0 amide bonds. The van der Waals surface area contributed by atoms with Crippen LogP contribution in [-0.2, 0) is 10.2 Å². The Hall–Kier alpha value is -1.89. The molecule has 1 nitrogen and oxygen atoms in total. The minimum absolute atomic E-state index is 0.354. The fourth-order valence-corrected chi connectivity index (χ4v) is 3.22. The maximum atomic E-state index is 11.5. The van der Waals surface area contributed by atoms with Crippen LogP contribution < -0.4 is 0 Å². The molecule has 0 spiro atoms. The van der Waals surface area contributed by atoms with Crippen LogP contribution in [0, 0.1) is 0 Å². The number of hydrogen-bond donors (Lipinski definition) is 0. The van der Waals surface area contributed by atoms with Gasteiger partial charge in [-0.15, -0.1) is 0 Å². The van der Waals surface area contributed by atoms with Gasteiger partial charge in [-0.3, -0.25) is 4.79 Å². The van der Waals surface area contributed by atoms with Crippen LogP contribution in [0.3, 0.4) is 0 Å². The van der Waals surface area contributed by atoms with E-state index in [4.69, 9.17) is 0 Å². The van der Waals surface area contributed by atoms with Gasteiger partial charge >= 0.3 is 0 Å². The topological polar surface area (TPSA) is 17.1 Å². The fourth-order valence-electron chi connectivity index (χ4n) is 3.22. The largest absolute Gasteiger partial charge is 0.290 e. The lowest BCUT2D eigenvalue weighted by molar-refractivity contribution is 0.361. The van der Waals surface area contributed by atoms with Gasteiger partial charge in [-0.2, -0.15) is 0 Å². The van der Waals surface area contributed by atoms with Crippen LogP contribution in [0.25, 0.3) is 11.1 Å². The summed E-state index contributed by atoms with van der Waals surface area (Å²) in [6, 6.07) is 18.8. The molecule has 20 heavy (non-hydrogen) atoms. The summed E-state index contributed by atoms with van der Waals surface area (Å²) < 4.78 is 0. The van der Waals surface area contributed by atoms with Gasteiger partial charge in [-0.25, -0.2) is 0 Å². The first-order valence-corrected chi connectivity index (χ1v) is 7.39. The van der Waals surface area contributed by atoms with Crippen molar-refractivity contribution >= 4 is 6.29 Å². The van der Waals surface area contributed by atoms with Crippen LogP contribution >= 0.6 is 0 Å². The maximum Gasteiger partial charge on any atom is 0.209 e. The SMILES string of the molecule is O=[C]C1(c2ccc(-c3ccccc3)cc2)CCCCC1.